The largest absolute Gasteiger partial charge is 0.373 e. The van der Waals surface area contributed by atoms with Gasteiger partial charge in [-0.05, 0) is 50.8 Å². The zero-order valence-electron chi connectivity index (χ0n) is 16.4. The Labute approximate surface area is 167 Å². The topological polar surface area (TPSA) is 67.6 Å². The Kier molecular flexibility index (Phi) is 6.79. The highest BCUT2D eigenvalue weighted by Crippen LogP contribution is 2.28. The third kappa shape index (κ3) is 5.67. The lowest BCUT2D eigenvalue weighted by Crippen LogP contribution is -2.51. The lowest BCUT2D eigenvalue weighted by atomic mass is 9.85. The van der Waals surface area contributed by atoms with Crippen LogP contribution in [0.5, 0.6) is 0 Å². The minimum absolute atomic E-state index is 0.0424. The van der Waals surface area contributed by atoms with E-state index in [1.54, 1.807) is 0 Å². The number of benzene rings is 1. The Balaban J connectivity index is 1.69. The molecule has 1 saturated heterocycles. The molecule has 1 aliphatic carbocycles. The highest BCUT2D eigenvalue weighted by atomic mass is 35.5. The lowest BCUT2D eigenvalue weighted by Gasteiger charge is -2.42. The van der Waals surface area contributed by atoms with Crippen molar-refractivity contribution in [2.75, 3.05) is 26.2 Å². The zero-order valence-corrected chi connectivity index (χ0v) is 17.2. The molecular formula is C21H32ClN3O2. The van der Waals surface area contributed by atoms with Crippen LogP contribution in [0.25, 0.3) is 0 Å². The first-order valence-electron chi connectivity index (χ1n) is 10.0. The predicted octanol–water partition coefficient (Wildman–Crippen LogP) is 3.13. The third-order valence-corrected chi connectivity index (χ3v) is 5.96. The fraction of sp³-hybridized carbons (Fsp3) is 0.667. The van der Waals surface area contributed by atoms with E-state index < -0.39 is 0 Å². The van der Waals surface area contributed by atoms with Crippen LogP contribution in [0.2, 0.25) is 5.02 Å². The standard InChI is InChI=1S/C21H32ClN3O2/c1-21(2)14-25(10-11-27-21)19(15-6-8-17(22)9-7-15)13-24-20(26)16-4-3-5-18(23)12-16/h6-9,16,18-19H,3-5,10-14,23H2,1-2H3,(H,24,26). The smallest absolute Gasteiger partial charge is 0.223 e. The summed E-state index contributed by atoms with van der Waals surface area (Å²) in [6.45, 7) is 7.18. The van der Waals surface area contributed by atoms with Gasteiger partial charge in [-0.3, -0.25) is 9.69 Å². The number of hydrogen-bond acceptors (Lipinski definition) is 4. The first-order chi connectivity index (χ1) is 12.8. The van der Waals surface area contributed by atoms with E-state index >= 15 is 0 Å². The first kappa shape index (κ1) is 20.6. The van der Waals surface area contributed by atoms with Crippen LogP contribution in [0.3, 0.4) is 0 Å². The molecule has 1 aromatic rings. The third-order valence-electron chi connectivity index (χ3n) is 5.71. The summed E-state index contributed by atoms with van der Waals surface area (Å²) in [5.41, 5.74) is 7.03. The average Bonchev–Trinajstić information content (AvgIpc) is 2.62. The summed E-state index contributed by atoms with van der Waals surface area (Å²) in [6.07, 6.45) is 3.80. The van der Waals surface area contributed by atoms with Crippen LogP contribution in [0.1, 0.15) is 51.1 Å². The number of nitrogens with two attached hydrogens (primary N) is 1. The van der Waals surface area contributed by atoms with Crippen LogP contribution in [0, 0.1) is 5.92 Å². The van der Waals surface area contributed by atoms with Gasteiger partial charge in [0.25, 0.3) is 0 Å². The number of amides is 1. The van der Waals surface area contributed by atoms with Gasteiger partial charge in [0.2, 0.25) is 5.91 Å². The Morgan fingerprint density at radius 3 is 2.78 bits per heavy atom. The van der Waals surface area contributed by atoms with Crippen molar-refractivity contribution in [2.45, 2.75) is 57.2 Å². The lowest BCUT2D eigenvalue weighted by molar-refractivity contribution is -0.127. The molecule has 1 saturated carbocycles. The fourth-order valence-electron chi connectivity index (χ4n) is 4.27. The maximum atomic E-state index is 12.7. The fourth-order valence-corrected chi connectivity index (χ4v) is 4.40. The number of carbonyl (C=O) groups is 1. The Hall–Kier alpha value is -1.14. The molecule has 0 spiro atoms. The molecule has 3 N–H and O–H groups in total. The number of morpholine rings is 1. The van der Waals surface area contributed by atoms with Crippen molar-refractivity contribution < 1.29 is 9.53 Å². The molecule has 6 heteroatoms. The second-order valence-corrected chi connectivity index (χ2v) is 8.95. The molecule has 0 radical (unpaired) electrons. The van der Waals surface area contributed by atoms with Crippen molar-refractivity contribution in [3.63, 3.8) is 0 Å². The van der Waals surface area contributed by atoms with Crippen LogP contribution in [0.15, 0.2) is 24.3 Å². The Bertz CT molecular complexity index is 635. The molecule has 2 fully saturated rings. The monoisotopic (exact) mass is 393 g/mol. The van der Waals surface area contributed by atoms with Gasteiger partial charge in [0.05, 0.1) is 18.2 Å². The zero-order chi connectivity index (χ0) is 19.4. The minimum Gasteiger partial charge on any atom is -0.373 e. The van der Waals surface area contributed by atoms with Crippen molar-refractivity contribution in [2.24, 2.45) is 11.7 Å². The molecule has 1 aliphatic heterocycles. The van der Waals surface area contributed by atoms with Gasteiger partial charge in [0.1, 0.15) is 0 Å². The Morgan fingerprint density at radius 2 is 2.11 bits per heavy atom. The van der Waals surface area contributed by atoms with E-state index in [2.05, 4.69) is 36.2 Å². The van der Waals surface area contributed by atoms with Crippen LogP contribution >= 0.6 is 11.6 Å². The number of nitrogens with zero attached hydrogens (tertiary/aromatic N) is 1. The number of nitrogens with one attached hydrogen (secondary N) is 1. The van der Waals surface area contributed by atoms with Crippen LogP contribution < -0.4 is 11.1 Å². The maximum Gasteiger partial charge on any atom is 0.223 e. The van der Waals surface area contributed by atoms with E-state index in [1.165, 1.54) is 0 Å². The van der Waals surface area contributed by atoms with Gasteiger partial charge >= 0.3 is 0 Å². The molecular weight excluding hydrogens is 362 g/mol. The van der Waals surface area contributed by atoms with Gasteiger partial charge in [0, 0.05) is 36.6 Å². The molecule has 27 heavy (non-hydrogen) atoms. The minimum atomic E-state index is -0.191. The average molecular weight is 394 g/mol. The summed E-state index contributed by atoms with van der Waals surface area (Å²) in [6, 6.07) is 8.19. The van der Waals surface area contributed by atoms with Crippen molar-refractivity contribution in [1.82, 2.24) is 10.2 Å². The molecule has 0 bridgehead atoms. The van der Waals surface area contributed by atoms with E-state index in [0.717, 1.165) is 49.4 Å². The molecule has 1 aromatic carbocycles. The van der Waals surface area contributed by atoms with Crippen molar-refractivity contribution in [3.8, 4) is 0 Å². The van der Waals surface area contributed by atoms with E-state index in [0.29, 0.717) is 13.2 Å². The summed E-state index contributed by atoms with van der Waals surface area (Å²) in [5, 5.41) is 3.92. The molecule has 3 unspecified atom stereocenters. The van der Waals surface area contributed by atoms with Gasteiger partial charge in [0.15, 0.2) is 0 Å². The molecule has 1 amide bonds. The second kappa shape index (κ2) is 8.91. The van der Waals surface area contributed by atoms with Gasteiger partial charge in [-0.1, -0.05) is 30.2 Å². The second-order valence-electron chi connectivity index (χ2n) is 8.51. The van der Waals surface area contributed by atoms with E-state index in [-0.39, 0.29) is 29.5 Å². The van der Waals surface area contributed by atoms with E-state index in [1.807, 2.05) is 12.1 Å². The molecule has 1 heterocycles. The number of carbonyl (C=O) groups excluding carboxylic acids is 1. The molecule has 0 aromatic heterocycles. The molecule has 5 nitrogen and oxygen atoms in total. The van der Waals surface area contributed by atoms with E-state index in [4.69, 9.17) is 22.1 Å². The van der Waals surface area contributed by atoms with Crippen molar-refractivity contribution >= 4 is 17.5 Å². The van der Waals surface area contributed by atoms with Gasteiger partial charge < -0.3 is 15.8 Å². The summed E-state index contributed by atoms with van der Waals surface area (Å²) in [4.78, 5) is 15.1. The molecule has 3 rings (SSSR count). The normalized spacial score (nSPS) is 27.1. The highest BCUT2D eigenvalue weighted by Gasteiger charge is 2.33. The van der Waals surface area contributed by atoms with Gasteiger partial charge in [-0.15, -0.1) is 0 Å². The number of hydrogen-bond donors (Lipinski definition) is 2. The summed E-state index contributed by atoms with van der Waals surface area (Å²) in [5.74, 6) is 0.178. The SMILES string of the molecule is CC1(C)CN(C(CNC(=O)C2CCCC(N)C2)c2ccc(Cl)cc2)CCO1. The number of ether oxygens (including phenoxy) is 1. The predicted molar refractivity (Wildman–Crippen MR) is 109 cm³/mol. The molecule has 3 atom stereocenters. The summed E-state index contributed by atoms with van der Waals surface area (Å²) in [7, 11) is 0. The van der Waals surface area contributed by atoms with Crippen molar-refractivity contribution in [1.29, 1.82) is 0 Å². The van der Waals surface area contributed by atoms with Crippen LogP contribution in [-0.4, -0.2) is 48.7 Å². The van der Waals surface area contributed by atoms with Gasteiger partial charge in [-0.25, -0.2) is 0 Å². The van der Waals surface area contributed by atoms with Crippen LogP contribution in [0.4, 0.5) is 0 Å². The van der Waals surface area contributed by atoms with Crippen molar-refractivity contribution in [3.05, 3.63) is 34.9 Å². The number of halogens is 1. The van der Waals surface area contributed by atoms with Gasteiger partial charge in [-0.2, -0.15) is 0 Å². The first-order valence-corrected chi connectivity index (χ1v) is 10.4. The summed E-state index contributed by atoms with van der Waals surface area (Å²) >= 11 is 6.07. The molecule has 2 aliphatic rings. The summed E-state index contributed by atoms with van der Waals surface area (Å²) < 4.78 is 5.87. The number of rotatable bonds is 5. The maximum absolute atomic E-state index is 12.7. The Morgan fingerprint density at radius 1 is 1.37 bits per heavy atom. The van der Waals surface area contributed by atoms with Crippen LogP contribution in [-0.2, 0) is 9.53 Å². The highest BCUT2D eigenvalue weighted by molar-refractivity contribution is 6.30. The van der Waals surface area contributed by atoms with E-state index in [9.17, 15) is 4.79 Å². The molecule has 150 valence electrons. The quantitative estimate of drug-likeness (QED) is 0.806.